The molecule has 0 bridgehead atoms. The third-order valence-corrected chi connectivity index (χ3v) is 4.43. The van der Waals surface area contributed by atoms with Crippen molar-refractivity contribution in [3.63, 3.8) is 0 Å². The summed E-state index contributed by atoms with van der Waals surface area (Å²) >= 11 is 1.67. The molecule has 0 saturated heterocycles. The van der Waals surface area contributed by atoms with Crippen molar-refractivity contribution in [2.24, 2.45) is 0 Å². The van der Waals surface area contributed by atoms with E-state index < -0.39 is 0 Å². The predicted octanol–water partition coefficient (Wildman–Crippen LogP) is 3.97. The van der Waals surface area contributed by atoms with Crippen LogP contribution in [0.3, 0.4) is 0 Å². The highest BCUT2D eigenvalue weighted by molar-refractivity contribution is 7.18. The van der Waals surface area contributed by atoms with E-state index in [1.807, 2.05) is 25.1 Å². The van der Waals surface area contributed by atoms with Crippen LogP contribution < -0.4 is 10.6 Å². The van der Waals surface area contributed by atoms with Gasteiger partial charge in [0, 0.05) is 31.4 Å². The molecule has 0 aliphatic rings. The zero-order chi connectivity index (χ0) is 15.9. The SMILES string of the molecule is CCOCCCNC(=O)Nc1ccc2nc(C(C)C)sc2c1. The van der Waals surface area contributed by atoms with Gasteiger partial charge in [-0.05, 0) is 31.5 Å². The van der Waals surface area contributed by atoms with E-state index in [0.29, 0.717) is 25.7 Å². The first kappa shape index (κ1) is 16.7. The molecule has 0 fully saturated rings. The van der Waals surface area contributed by atoms with Gasteiger partial charge in [0.05, 0.1) is 15.2 Å². The van der Waals surface area contributed by atoms with Gasteiger partial charge in [-0.3, -0.25) is 0 Å². The number of anilines is 1. The maximum atomic E-state index is 11.8. The summed E-state index contributed by atoms with van der Waals surface area (Å²) in [7, 11) is 0. The Hall–Kier alpha value is -1.66. The molecule has 1 heterocycles. The number of amides is 2. The van der Waals surface area contributed by atoms with E-state index in [1.165, 1.54) is 0 Å². The van der Waals surface area contributed by atoms with Crippen LogP contribution >= 0.6 is 11.3 Å². The number of carbonyl (C=O) groups is 1. The summed E-state index contributed by atoms with van der Waals surface area (Å²) in [5.74, 6) is 0.419. The molecule has 22 heavy (non-hydrogen) atoms. The highest BCUT2D eigenvalue weighted by atomic mass is 32.1. The Balaban J connectivity index is 1.89. The first-order valence-electron chi connectivity index (χ1n) is 7.63. The second-order valence-electron chi connectivity index (χ2n) is 5.32. The van der Waals surface area contributed by atoms with Gasteiger partial charge in [0.1, 0.15) is 0 Å². The van der Waals surface area contributed by atoms with Crippen molar-refractivity contribution in [2.75, 3.05) is 25.1 Å². The van der Waals surface area contributed by atoms with E-state index in [2.05, 4.69) is 29.5 Å². The quantitative estimate of drug-likeness (QED) is 0.759. The van der Waals surface area contributed by atoms with E-state index in [0.717, 1.165) is 27.3 Å². The zero-order valence-electron chi connectivity index (χ0n) is 13.3. The molecule has 2 aromatic rings. The fourth-order valence-corrected chi connectivity index (χ4v) is 2.97. The van der Waals surface area contributed by atoms with Crippen molar-refractivity contribution in [1.82, 2.24) is 10.3 Å². The van der Waals surface area contributed by atoms with E-state index in [1.54, 1.807) is 11.3 Å². The van der Waals surface area contributed by atoms with Crippen LogP contribution in [0.15, 0.2) is 18.2 Å². The molecule has 2 amide bonds. The number of benzene rings is 1. The number of ether oxygens (including phenoxy) is 1. The van der Waals surface area contributed by atoms with Crippen LogP contribution in [0.1, 0.15) is 38.1 Å². The first-order chi connectivity index (χ1) is 10.6. The van der Waals surface area contributed by atoms with Crippen LogP contribution in [0.4, 0.5) is 10.5 Å². The number of nitrogens with one attached hydrogen (secondary N) is 2. The minimum Gasteiger partial charge on any atom is -0.382 e. The standard InChI is InChI=1S/C16H23N3O2S/c1-4-21-9-5-8-17-16(20)18-12-6-7-13-14(10-12)22-15(19-13)11(2)3/h6-7,10-11H,4-5,8-9H2,1-3H3,(H2,17,18,20). The number of rotatable bonds is 7. The molecule has 0 saturated carbocycles. The van der Waals surface area contributed by atoms with Crippen LogP contribution in [-0.4, -0.2) is 30.8 Å². The number of nitrogens with zero attached hydrogens (tertiary/aromatic N) is 1. The van der Waals surface area contributed by atoms with Crippen molar-refractivity contribution >= 4 is 33.3 Å². The Kier molecular flexibility index (Phi) is 6.15. The molecular weight excluding hydrogens is 298 g/mol. The van der Waals surface area contributed by atoms with E-state index in [-0.39, 0.29) is 6.03 Å². The van der Waals surface area contributed by atoms with Crippen LogP contribution in [0.5, 0.6) is 0 Å². The van der Waals surface area contributed by atoms with E-state index in [4.69, 9.17) is 4.74 Å². The minimum absolute atomic E-state index is 0.190. The summed E-state index contributed by atoms with van der Waals surface area (Å²) in [6.07, 6.45) is 0.812. The highest BCUT2D eigenvalue weighted by Gasteiger charge is 2.08. The molecule has 0 spiro atoms. The lowest BCUT2D eigenvalue weighted by Gasteiger charge is -2.07. The van der Waals surface area contributed by atoms with Crippen LogP contribution in [0.2, 0.25) is 0 Å². The molecule has 1 aromatic carbocycles. The van der Waals surface area contributed by atoms with Gasteiger partial charge in [-0.1, -0.05) is 13.8 Å². The molecule has 6 heteroatoms. The van der Waals surface area contributed by atoms with Crippen LogP contribution in [-0.2, 0) is 4.74 Å². The van der Waals surface area contributed by atoms with Crippen molar-refractivity contribution in [3.8, 4) is 0 Å². The lowest BCUT2D eigenvalue weighted by molar-refractivity contribution is 0.145. The average molecular weight is 321 g/mol. The molecular formula is C16H23N3O2S. The molecule has 2 rings (SSSR count). The minimum atomic E-state index is -0.190. The average Bonchev–Trinajstić information content (AvgIpc) is 2.90. The number of thiazole rings is 1. The largest absolute Gasteiger partial charge is 0.382 e. The molecule has 1 aromatic heterocycles. The number of fused-ring (bicyclic) bond motifs is 1. The van der Waals surface area contributed by atoms with Crippen molar-refractivity contribution in [3.05, 3.63) is 23.2 Å². The van der Waals surface area contributed by atoms with Gasteiger partial charge >= 0.3 is 6.03 Å². The van der Waals surface area contributed by atoms with E-state index >= 15 is 0 Å². The van der Waals surface area contributed by atoms with Gasteiger partial charge in [-0.2, -0.15) is 0 Å². The van der Waals surface area contributed by atoms with Gasteiger partial charge in [0.25, 0.3) is 0 Å². The maximum absolute atomic E-state index is 11.8. The third kappa shape index (κ3) is 4.68. The third-order valence-electron chi connectivity index (χ3n) is 3.11. The molecule has 0 aliphatic heterocycles. The predicted molar refractivity (Wildman–Crippen MR) is 91.8 cm³/mol. The summed E-state index contributed by atoms with van der Waals surface area (Å²) in [5, 5.41) is 6.79. The Morgan fingerprint density at radius 2 is 2.23 bits per heavy atom. The van der Waals surface area contributed by atoms with Crippen molar-refractivity contribution < 1.29 is 9.53 Å². The molecule has 2 N–H and O–H groups in total. The molecule has 0 atom stereocenters. The Morgan fingerprint density at radius 3 is 2.95 bits per heavy atom. The van der Waals surface area contributed by atoms with Gasteiger partial charge in [0.2, 0.25) is 0 Å². The number of aromatic nitrogens is 1. The lowest BCUT2D eigenvalue weighted by atomic mass is 10.2. The molecule has 0 radical (unpaired) electrons. The van der Waals surface area contributed by atoms with Crippen LogP contribution in [0, 0.1) is 0 Å². The summed E-state index contributed by atoms with van der Waals surface area (Å²) in [6, 6.07) is 5.61. The smallest absolute Gasteiger partial charge is 0.319 e. The van der Waals surface area contributed by atoms with Gasteiger partial charge in [-0.25, -0.2) is 9.78 Å². The van der Waals surface area contributed by atoms with E-state index in [9.17, 15) is 4.79 Å². The first-order valence-corrected chi connectivity index (χ1v) is 8.45. The molecule has 5 nitrogen and oxygen atoms in total. The lowest BCUT2D eigenvalue weighted by Crippen LogP contribution is -2.30. The van der Waals surface area contributed by atoms with Gasteiger partial charge in [0.15, 0.2) is 0 Å². The number of carbonyl (C=O) groups excluding carboxylic acids is 1. The van der Waals surface area contributed by atoms with Crippen molar-refractivity contribution in [1.29, 1.82) is 0 Å². The Morgan fingerprint density at radius 1 is 1.41 bits per heavy atom. The summed E-state index contributed by atoms with van der Waals surface area (Å²) in [6.45, 7) is 8.20. The van der Waals surface area contributed by atoms with Crippen LogP contribution in [0.25, 0.3) is 10.2 Å². The summed E-state index contributed by atoms with van der Waals surface area (Å²) in [5.41, 5.74) is 1.77. The number of hydrogen-bond donors (Lipinski definition) is 2. The summed E-state index contributed by atoms with van der Waals surface area (Å²) in [4.78, 5) is 16.4. The normalized spacial score (nSPS) is 11.1. The second kappa shape index (κ2) is 8.10. The zero-order valence-corrected chi connectivity index (χ0v) is 14.1. The summed E-state index contributed by atoms with van der Waals surface area (Å²) < 4.78 is 6.32. The monoisotopic (exact) mass is 321 g/mol. The van der Waals surface area contributed by atoms with Gasteiger partial charge in [-0.15, -0.1) is 11.3 Å². The van der Waals surface area contributed by atoms with Gasteiger partial charge < -0.3 is 15.4 Å². The number of urea groups is 1. The van der Waals surface area contributed by atoms with Crippen molar-refractivity contribution in [2.45, 2.75) is 33.1 Å². The fraction of sp³-hybridized carbons (Fsp3) is 0.500. The molecule has 0 unspecified atom stereocenters. The Bertz CT molecular complexity index is 625. The number of hydrogen-bond acceptors (Lipinski definition) is 4. The Labute approximate surface area is 135 Å². The molecule has 120 valence electrons. The fourth-order valence-electron chi connectivity index (χ4n) is 1.96. The second-order valence-corrected chi connectivity index (χ2v) is 6.38. The topological polar surface area (TPSA) is 63.2 Å². The maximum Gasteiger partial charge on any atom is 0.319 e. The molecule has 0 aliphatic carbocycles. The highest BCUT2D eigenvalue weighted by Crippen LogP contribution is 2.29.